The van der Waals surface area contributed by atoms with Crippen LogP contribution in [0, 0.1) is 6.92 Å². The van der Waals surface area contributed by atoms with Crippen LogP contribution >= 0.6 is 0 Å². The van der Waals surface area contributed by atoms with Crippen LogP contribution in [0.25, 0.3) is 0 Å². The Morgan fingerprint density at radius 1 is 0.963 bits per heavy atom. The average Bonchev–Trinajstić information content (AvgIpc) is 2.70. The van der Waals surface area contributed by atoms with Crippen LogP contribution in [0.4, 0.5) is 0 Å². The molecule has 0 heterocycles. The van der Waals surface area contributed by atoms with Gasteiger partial charge in [-0.2, -0.15) is 0 Å². The summed E-state index contributed by atoms with van der Waals surface area (Å²) in [6.45, 7) is 5.99. The molecule has 5 heteroatoms. The highest BCUT2D eigenvalue weighted by molar-refractivity contribution is 5.81. The van der Waals surface area contributed by atoms with E-state index < -0.39 is 6.10 Å². The molecule has 1 amide bonds. The average molecular weight is 371 g/mol. The molecule has 2 atom stereocenters. The number of hydrogen-bond acceptors (Lipinski definition) is 4. The molecule has 0 aliphatic heterocycles. The molecule has 0 bridgehead atoms. The van der Waals surface area contributed by atoms with Crippen molar-refractivity contribution in [3.63, 3.8) is 0 Å². The predicted molar refractivity (Wildman–Crippen MR) is 107 cm³/mol. The van der Waals surface area contributed by atoms with Crippen LogP contribution in [-0.2, 0) is 4.79 Å². The van der Waals surface area contributed by atoms with Crippen LogP contribution in [0.5, 0.6) is 17.2 Å². The number of hydrogen-bond donors (Lipinski definition) is 1. The highest BCUT2D eigenvalue weighted by Gasteiger charge is 2.22. The zero-order chi connectivity index (χ0) is 19.8. The number of nitrogens with one attached hydrogen (secondary N) is 1. The lowest BCUT2D eigenvalue weighted by Crippen LogP contribution is -2.39. The molecule has 0 fully saturated rings. The lowest BCUT2D eigenvalue weighted by atomic mass is 10.0. The topological polar surface area (TPSA) is 56.8 Å². The van der Waals surface area contributed by atoms with E-state index in [1.807, 2.05) is 63.2 Å². The first-order chi connectivity index (χ1) is 13.0. The fourth-order valence-electron chi connectivity index (χ4n) is 2.86. The molecule has 0 radical (unpaired) electrons. The number of benzene rings is 2. The van der Waals surface area contributed by atoms with Crippen LogP contribution in [0.2, 0.25) is 0 Å². The summed E-state index contributed by atoms with van der Waals surface area (Å²) in [5.74, 6) is 1.88. The molecule has 2 unspecified atom stereocenters. The summed E-state index contributed by atoms with van der Waals surface area (Å²) in [5, 5.41) is 3.09. The maximum atomic E-state index is 12.8. The number of aryl methyl sites for hydroxylation is 1. The molecule has 2 aromatic carbocycles. The van der Waals surface area contributed by atoms with Gasteiger partial charge >= 0.3 is 0 Å². The highest BCUT2D eigenvalue weighted by atomic mass is 16.5. The Labute approximate surface area is 161 Å². The minimum Gasteiger partial charge on any atom is -0.493 e. The molecule has 0 aromatic heterocycles. The molecular formula is C22H29NO4. The maximum Gasteiger partial charge on any atom is 0.261 e. The minimum atomic E-state index is -0.540. The molecule has 5 nitrogen and oxygen atoms in total. The quantitative estimate of drug-likeness (QED) is 0.708. The lowest BCUT2D eigenvalue weighted by molar-refractivity contribution is -0.128. The van der Waals surface area contributed by atoms with Crippen molar-refractivity contribution in [2.75, 3.05) is 14.2 Å². The van der Waals surface area contributed by atoms with Gasteiger partial charge in [0.15, 0.2) is 17.6 Å². The van der Waals surface area contributed by atoms with E-state index >= 15 is 0 Å². The van der Waals surface area contributed by atoms with Gasteiger partial charge < -0.3 is 19.5 Å². The van der Waals surface area contributed by atoms with Gasteiger partial charge in [-0.3, -0.25) is 4.79 Å². The largest absolute Gasteiger partial charge is 0.493 e. The van der Waals surface area contributed by atoms with E-state index in [1.165, 1.54) is 0 Å². The van der Waals surface area contributed by atoms with E-state index in [-0.39, 0.29) is 11.9 Å². The second-order valence-corrected chi connectivity index (χ2v) is 6.41. The van der Waals surface area contributed by atoms with Crippen molar-refractivity contribution in [1.82, 2.24) is 5.32 Å². The van der Waals surface area contributed by atoms with E-state index in [2.05, 4.69) is 5.32 Å². The minimum absolute atomic E-state index is 0.125. The van der Waals surface area contributed by atoms with Crippen LogP contribution < -0.4 is 19.5 Å². The fourth-order valence-corrected chi connectivity index (χ4v) is 2.86. The Balaban J connectivity index is 2.11. The Kier molecular flexibility index (Phi) is 7.53. The van der Waals surface area contributed by atoms with E-state index in [0.717, 1.165) is 17.5 Å². The molecule has 0 aliphatic carbocycles. The standard InChI is InChI=1S/C22H29NO4/c1-6-18(16-10-13-20(25-4)21(14-16)26-5)23-22(24)19(7-2)27-17-11-8-15(3)9-12-17/h8-14,18-19H,6-7H2,1-5H3,(H,23,24). The van der Waals surface area contributed by atoms with Crippen molar-refractivity contribution in [3.8, 4) is 17.2 Å². The van der Waals surface area contributed by atoms with Crippen molar-refractivity contribution in [1.29, 1.82) is 0 Å². The number of carbonyl (C=O) groups is 1. The Bertz CT molecular complexity index is 742. The van der Waals surface area contributed by atoms with Crippen molar-refractivity contribution in [2.45, 2.75) is 45.8 Å². The Morgan fingerprint density at radius 3 is 2.19 bits per heavy atom. The third-order valence-electron chi connectivity index (χ3n) is 4.50. The molecular weight excluding hydrogens is 342 g/mol. The lowest BCUT2D eigenvalue weighted by Gasteiger charge is -2.23. The molecule has 2 rings (SSSR count). The molecule has 0 saturated carbocycles. The van der Waals surface area contributed by atoms with Gasteiger partial charge in [-0.15, -0.1) is 0 Å². The first kappa shape index (κ1) is 20.6. The zero-order valence-electron chi connectivity index (χ0n) is 16.7. The molecule has 1 N–H and O–H groups in total. The Hall–Kier alpha value is -2.69. The predicted octanol–water partition coefficient (Wildman–Crippen LogP) is 4.44. The molecule has 0 spiro atoms. The molecule has 2 aromatic rings. The number of carbonyl (C=O) groups excluding carboxylic acids is 1. The van der Waals surface area contributed by atoms with E-state index in [4.69, 9.17) is 14.2 Å². The van der Waals surface area contributed by atoms with Gasteiger partial charge in [0.1, 0.15) is 5.75 Å². The third kappa shape index (κ3) is 5.39. The van der Waals surface area contributed by atoms with Crippen molar-refractivity contribution >= 4 is 5.91 Å². The molecule has 146 valence electrons. The van der Waals surface area contributed by atoms with E-state index in [0.29, 0.717) is 23.7 Å². The summed E-state index contributed by atoms with van der Waals surface area (Å²) < 4.78 is 16.5. The van der Waals surface area contributed by atoms with Crippen LogP contribution in [-0.4, -0.2) is 26.2 Å². The monoisotopic (exact) mass is 371 g/mol. The molecule has 0 aliphatic rings. The summed E-state index contributed by atoms with van der Waals surface area (Å²) in [4.78, 5) is 12.8. The van der Waals surface area contributed by atoms with Gasteiger partial charge in [0.05, 0.1) is 20.3 Å². The number of rotatable bonds is 9. The zero-order valence-corrected chi connectivity index (χ0v) is 16.7. The van der Waals surface area contributed by atoms with Crippen molar-refractivity contribution < 1.29 is 19.0 Å². The highest BCUT2D eigenvalue weighted by Crippen LogP contribution is 2.31. The van der Waals surface area contributed by atoms with Crippen LogP contribution in [0.15, 0.2) is 42.5 Å². The Morgan fingerprint density at radius 2 is 1.63 bits per heavy atom. The summed E-state index contributed by atoms with van der Waals surface area (Å²) in [5.41, 5.74) is 2.12. The SMILES string of the molecule is CCC(Oc1ccc(C)cc1)C(=O)NC(CC)c1ccc(OC)c(OC)c1. The van der Waals surface area contributed by atoms with Gasteiger partial charge in [-0.05, 0) is 49.6 Å². The molecule has 0 saturated heterocycles. The summed E-state index contributed by atoms with van der Waals surface area (Å²) >= 11 is 0. The number of amides is 1. The third-order valence-corrected chi connectivity index (χ3v) is 4.50. The number of ether oxygens (including phenoxy) is 3. The normalized spacial score (nSPS) is 12.8. The smallest absolute Gasteiger partial charge is 0.261 e. The van der Waals surface area contributed by atoms with Gasteiger partial charge in [0.2, 0.25) is 0 Å². The first-order valence-electron chi connectivity index (χ1n) is 9.27. The van der Waals surface area contributed by atoms with E-state index in [1.54, 1.807) is 14.2 Å². The summed E-state index contributed by atoms with van der Waals surface area (Å²) in [6.07, 6.45) is 0.798. The van der Waals surface area contributed by atoms with Crippen molar-refractivity contribution in [3.05, 3.63) is 53.6 Å². The summed E-state index contributed by atoms with van der Waals surface area (Å²) in [6, 6.07) is 13.3. The van der Waals surface area contributed by atoms with Gasteiger partial charge in [0.25, 0.3) is 5.91 Å². The van der Waals surface area contributed by atoms with E-state index in [9.17, 15) is 4.79 Å². The maximum absolute atomic E-state index is 12.8. The number of methoxy groups -OCH3 is 2. The molecule has 27 heavy (non-hydrogen) atoms. The second-order valence-electron chi connectivity index (χ2n) is 6.41. The van der Waals surface area contributed by atoms with Crippen LogP contribution in [0.3, 0.4) is 0 Å². The first-order valence-corrected chi connectivity index (χ1v) is 9.27. The van der Waals surface area contributed by atoms with Gasteiger partial charge in [-0.1, -0.05) is 37.6 Å². The van der Waals surface area contributed by atoms with Crippen LogP contribution in [0.1, 0.15) is 43.9 Å². The summed E-state index contributed by atoms with van der Waals surface area (Å²) in [7, 11) is 3.20. The van der Waals surface area contributed by atoms with Crippen molar-refractivity contribution in [2.24, 2.45) is 0 Å². The second kappa shape index (κ2) is 9.86. The van der Waals surface area contributed by atoms with Gasteiger partial charge in [0, 0.05) is 0 Å². The van der Waals surface area contributed by atoms with Gasteiger partial charge in [-0.25, -0.2) is 0 Å². The fraction of sp³-hybridized carbons (Fsp3) is 0.409.